The Hall–Kier alpha value is -1.10. The van der Waals surface area contributed by atoms with Gasteiger partial charge in [-0.2, -0.15) is 0 Å². The van der Waals surface area contributed by atoms with Gasteiger partial charge < -0.3 is 11.1 Å². The molecule has 2 rings (SSSR count). The van der Waals surface area contributed by atoms with Crippen LogP contribution in [0.2, 0.25) is 0 Å². The maximum absolute atomic E-state index is 11.7. The molecule has 5 heteroatoms. The van der Waals surface area contributed by atoms with Gasteiger partial charge in [-0.15, -0.1) is 11.3 Å². The zero-order chi connectivity index (χ0) is 11.8. The molecule has 0 atom stereocenters. The largest absolute Gasteiger partial charge is 0.375 e. The van der Waals surface area contributed by atoms with Gasteiger partial charge in [0, 0.05) is 11.9 Å². The first kappa shape index (κ1) is 11.4. The molecule has 0 radical (unpaired) electrons. The van der Waals surface area contributed by atoms with E-state index in [2.05, 4.69) is 24.1 Å². The minimum Gasteiger partial charge on any atom is -0.375 e. The lowest BCUT2D eigenvalue weighted by molar-refractivity contribution is 0.0935. The van der Waals surface area contributed by atoms with Crippen molar-refractivity contribution < 1.29 is 4.79 Å². The Morgan fingerprint density at radius 2 is 2.38 bits per heavy atom. The lowest BCUT2D eigenvalue weighted by atomic mass is 9.92. The number of aromatic nitrogens is 1. The Balaban J connectivity index is 1.89. The van der Waals surface area contributed by atoms with Gasteiger partial charge in [0.25, 0.3) is 5.91 Å². The summed E-state index contributed by atoms with van der Waals surface area (Å²) in [5.41, 5.74) is 6.25. The quantitative estimate of drug-likeness (QED) is 0.843. The molecule has 0 saturated heterocycles. The van der Waals surface area contributed by atoms with Gasteiger partial charge in [-0.05, 0) is 24.2 Å². The molecule has 1 aliphatic rings. The Bertz CT molecular complexity index is 396. The number of nitrogens with zero attached hydrogens (tertiary/aromatic N) is 1. The average Bonchev–Trinajstić information content (AvgIpc) is 2.92. The van der Waals surface area contributed by atoms with Crippen LogP contribution in [0.1, 0.15) is 37.2 Å². The predicted octanol–water partition coefficient (Wildman–Crippen LogP) is 1.89. The highest BCUT2D eigenvalue weighted by Crippen LogP contribution is 2.51. The molecule has 0 spiro atoms. The van der Waals surface area contributed by atoms with E-state index in [4.69, 9.17) is 5.73 Å². The molecule has 1 saturated carbocycles. The summed E-state index contributed by atoms with van der Waals surface area (Å²) in [6.45, 7) is 5.17. The molecule has 1 aromatic rings. The summed E-state index contributed by atoms with van der Waals surface area (Å²) in [7, 11) is 0. The van der Waals surface area contributed by atoms with Crippen LogP contribution in [0.3, 0.4) is 0 Å². The minimum absolute atomic E-state index is 0.111. The summed E-state index contributed by atoms with van der Waals surface area (Å²) < 4.78 is 0. The van der Waals surface area contributed by atoms with Crippen LogP contribution in [0.25, 0.3) is 0 Å². The molecule has 88 valence electrons. The van der Waals surface area contributed by atoms with Crippen molar-refractivity contribution in [3.63, 3.8) is 0 Å². The smallest absolute Gasteiger partial charge is 0.270 e. The first-order chi connectivity index (χ1) is 7.53. The number of carbonyl (C=O) groups excluding carboxylic acids is 1. The highest BCUT2D eigenvalue weighted by atomic mass is 32.1. The number of rotatable bonds is 4. The molecular weight excluding hydrogens is 222 g/mol. The number of hydrogen-bond donors (Lipinski definition) is 2. The van der Waals surface area contributed by atoms with Crippen molar-refractivity contribution >= 4 is 22.4 Å². The number of thiazole rings is 1. The Morgan fingerprint density at radius 3 is 2.81 bits per heavy atom. The summed E-state index contributed by atoms with van der Waals surface area (Å²) in [6, 6.07) is 0. The molecule has 1 fully saturated rings. The lowest BCUT2D eigenvalue weighted by Gasteiger charge is -2.19. The van der Waals surface area contributed by atoms with E-state index in [1.165, 1.54) is 24.2 Å². The molecule has 4 nitrogen and oxygen atoms in total. The second kappa shape index (κ2) is 4.05. The van der Waals surface area contributed by atoms with E-state index in [0.29, 0.717) is 22.2 Å². The molecule has 0 aromatic carbocycles. The van der Waals surface area contributed by atoms with Crippen molar-refractivity contribution in [3.8, 4) is 0 Å². The maximum atomic E-state index is 11.7. The Labute approximate surface area is 99.3 Å². The Morgan fingerprint density at radius 1 is 1.69 bits per heavy atom. The zero-order valence-electron chi connectivity index (χ0n) is 9.62. The summed E-state index contributed by atoms with van der Waals surface area (Å²) in [6.07, 6.45) is 2.42. The summed E-state index contributed by atoms with van der Waals surface area (Å²) in [5, 5.41) is 5.08. The molecule has 1 heterocycles. The van der Waals surface area contributed by atoms with Crippen molar-refractivity contribution in [2.24, 2.45) is 11.3 Å². The highest BCUT2D eigenvalue weighted by molar-refractivity contribution is 7.13. The van der Waals surface area contributed by atoms with Gasteiger partial charge in [-0.1, -0.05) is 13.8 Å². The lowest BCUT2D eigenvalue weighted by Crippen LogP contribution is -2.32. The topological polar surface area (TPSA) is 68.0 Å². The number of nitrogens with two attached hydrogens (primary N) is 1. The van der Waals surface area contributed by atoms with Crippen molar-refractivity contribution in [1.29, 1.82) is 0 Å². The van der Waals surface area contributed by atoms with Crippen LogP contribution in [-0.2, 0) is 0 Å². The molecular formula is C11H17N3OS. The number of amides is 1. The fraction of sp³-hybridized carbons (Fsp3) is 0.636. The van der Waals surface area contributed by atoms with E-state index in [1.54, 1.807) is 5.38 Å². The fourth-order valence-corrected chi connectivity index (χ4v) is 2.40. The number of carbonyl (C=O) groups is 1. The van der Waals surface area contributed by atoms with Crippen LogP contribution in [0.5, 0.6) is 0 Å². The van der Waals surface area contributed by atoms with Gasteiger partial charge in [-0.3, -0.25) is 4.79 Å². The van der Waals surface area contributed by atoms with Gasteiger partial charge in [0.05, 0.1) is 0 Å². The first-order valence-electron chi connectivity index (χ1n) is 5.53. The summed E-state index contributed by atoms with van der Waals surface area (Å²) in [5.74, 6) is 0.508. The summed E-state index contributed by atoms with van der Waals surface area (Å²) >= 11 is 1.29. The van der Waals surface area contributed by atoms with E-state index in [0.717, 1.165) is 6.54 Å². The van der Waals surface area contributed by atoms with Gasteiger partial charge in [0.15, 0.2) is 5.13 Å². The molecule has 16 heavy (non-hydrogen) atoms. The molecule has 0 unspecified atom stereocenters. The van der Waals surface area contributed by atoms with Crippen LogP contribution < -0.4 is 11.1 Å². The van der Waals surface area contributed by atoms with Gasteiger partial charge in [0.2, 0.25) is 0 Å². The molecule has 1 amide bonds. The third-order valence-electron chi connectivity index (χ3n) is 3.47. The maximum Gasteiger partial charge on any atom is 0.270 e. The van der Waals surface area contributed by atoms with Crippen LogP contribution in [-0.4, -0.2) is 17.4 Å². The minimum atomic E-state index is -0.111. The molecule has 0 aliphatic heterocycles. The number of nitrogens with one attached hydrogen (secondary N) is 1. The van der Waals surface area contributed by atoms with Crippen LogP contribution in [0.4, 0.5) is 5.13 Å². The van der Waals surface area contributed by atoms with E-state index < -0.39 is 0 Å². The zero-order valence-corrected chi connectivity index (χ0v) is 10.4. The third kappa shape index (κ3) is 2.19. The van der Waals surface area contributed by atoms with Crippen molar-refractivity contribution in [3.05, 3.63) is 11.1 Å². The van der Waals surface area contributed by atoms with E-state index in [1.807, 2.05) is 0 Å². The summed E-state index contributed by atoms with van der Waals surface area (Å²) in [4.78, 5) is 15.7. The van der Waals surface area contributed by atoms with Gasteiger partial charge >= 0.3 is 0 Å². The van der Waals surface area contributed by atoms with Crippen molar-refractivity contribution in [2.75, 3.05) is 12.3 Å². The molecule has 3 N–H and O–H groups in total. The van der Waals surface area contributed by atoms with Crippen LogP contribution >= 0.6 is 11.3 Å². The monoisotopic (exact) mass is 239 g/mol. The number of nitrogen functional groups attached to an aromatic ring is 1. The van der Waals surface area contributed by atoms with Crippen LogP contribution in [0.15, 0.2) is 5.38 Å². The molecule has 0 bridgehead atoms. The normalized spacial score (nSPS) is 17.4. The fourth-order valence-electron chi connectivity index (χ4n) is 1.86. The second-order valence-corrected chi connectivity index (χ2v) is 5.66. The van der Waals surface area contributed by atoms with E-state index in [9.17, 15) is 4.79 Å². The van der Waals surface area contributed by atoms with Gasteiger partial charge in [0.1, 0.15) is 5.69 Å². The number of anilines is 1. The predicted molar refractivity (Wildman–Crippen MR) is 65.4 cm³/mol. The standard InChI is InChI=1S/C11H17N3OS/c1-7(2)11(3-4-11)6-13-9(15)8-5-16-10(12)14-8/h5,7H,3-4,6H2,1-2H3,(H2,12,14)(H,13,15). The van der Waals surface area contributed by atoms with E-state index >= 15 is 0 Å². The number of hydrogen-bond acceptors (Lipinski definition) is 4. The van der Waals surface area contributed by atoms with E-state index in [-0.39, 0.29) is 5.91 Å². The molecule has 1 aromatic heterocycles. The average molecular weight is 239 g/mol. The SMILES string of the molecule is CC(C)C1(CNC(=O)c2csc(N)n2)CC1. The van der Waals surface area contributed by atoms with Crippen molar-refractivity contribution in [2.45, 2.75) is 26.7 Å². The molecule has 1 aliphatic carbocycles. The van der Waals surface area contributed by atoms with Crippen LogP contribution in [0, 0.1) is 11.3 Å². The first-order valence-corrected chi connectivity index (χ1v) is 6.41. The third-order valence-corrected chi connectivity index (χ3v) is 4.15. The van der Waals surface area contributed by atoms with Crippen molar-refractivity contribution in [1.82, 2.24) is 10.3 Å². The van der Waals surface area contributed by atoms with Gasteiger partial charge in [-0.25, -0.2) is 4.98 Å². The Kier molecular flexibility index (Phi) is 2.88. The second-order valence-electron chi connectivity index (χ2n) is 4.77. The highest BCUT2D eigenvalue weighted by Gasteiger charge is 2.45.